The first-order valence-electron chi connectivity index (χ1n) is 7.75. The van der Waals surface area contributed by atoms with Gasteiger partial charge < -0.3 is 4.74 Å². The van der Waals surface area contributed by atoms with Gasteiger partial charge in [0.15, 0.2) is 23.3 Å². The summed E-state index contributed by atoms with van der Waals surface area (Å²) in [6, 6.07) is 0. The molecule has 28 heavy (non-hydrogen) atoms. The van der Waals surface area contributed by atoms with E-state index in [1.807, 2.05) is 0 Å². The quantitative estimate of drug-likeness (QED) is 0.237. The van der Waals surface area contributed by atoms with Crippen LogP contribution in [0.2, 0.25) is 0 Å². The molecule has 0 aromatic heterocycles. The summed E-state index contributed by atoms with van der Waals surface area (Å²) in [6.45, 7) is 1.79. The van der Waals surface area contributed by atoms with Crippen LogP contribution in [-0.4, -0.2) is 12.1 Å². The van der Waals surface area contributed by atoms with Crippen LogP contribution in [-0.2, 0) is 22.0 Å². The van der Waals surface area contributed by atoms with E-state index in [1.165, 1.54) is 13.8 Å². The van der Waals surface area contributed by atoms with Crippen LogP contribution in [0.3, 0.4) is 0 Å². The van der Waals surface area contributed by atoms with Crippen molar-refractivity contribution < 1.29 is 40.3 Å². The third-order valence-corrected chi connectivity index (χ3v) is 5.31. The topological polar surface area (TPSA) is 26.3 Å². The van der Waals surface area contributed by atoms with Crippen LogP contribution in [0, 0.1) is 40.5 Å². The van der Waals surface area contributed by atoms with Crippen LogP contribution < -0.4 is 0 Å². The fourth-order valence-electron chi connectivity index (χ4n) is 2.89. The molecule has 1 aliphatic carbocycles. The number of hydrogen-bond donors (Lipinski definition) is 0. The zero-order valence-electron chi connectivity index (χ0n) is 14.4. The molecule has 1 aromatic carbocycles. The van der Waals surface area contributed by atoms with E-state index in [0.29, 0.717) is 6.08 Å². The van der Waals surface area contributed by atoms with E-state index in [9.17, 15) is 35.5 Å². The Morgan fingerprint density at radius 1 is 1.07 bits per heavy atom. The molecule has 0 heterocycles. The lowest BCUT2D eigenvalue weighted by molar-refractivity contribution is -0.147. The Bertz CT molecular complexity index is 805. The van der Waals surface area contributed by atoms with Gasteiger partial charge in [0.1, 0.15) is 11.6 Å². The van der Waals surface area contributed by atoms with Crippen LogP contribution in [0.5, 0.6) is 0 Å². The molecule has 1 aliphatic rings. The minimum atomic E-state index is -4.79. The number of ether oxygens (including phenoxy) is 1. The Morgan fingerprint density at radius 3 is 1.96 bits per heavy atom. The Hall–Kier alpha value is -1.48. The maximum atomic E-state index is 13.9. The summed E-state index contributed by atoms with van der Waals surface area (Å²) in [6.07, 6.45) is -4.14. The molecule has 11 heteroatoms. The SMILES string of the molecule is CC1(C)[C@H](C=C(Cl)C(F)(F)F)[C@@H]1C(=O)OCc1c(F)c(F)c(CCl)c(F)c1F. The van der Waals surface area contributed by atoms with Crippen molar-refractivity contribution >= 4 is 29.2 Å². The molecule has 0 unspecified atom stereocenters. The first-order chi connectivity index (χ1) is 12.7. The third kappa shape index (κ3) is 4.10. The molecule has 0 N–H and O–H groups in total. The van der Waals surface area contributed by atoms with Crippen molar-refractivity contribution in [2.45, 2.75) is 32.5 Å². The smallest absolute Gasteiger partial charge is 0.426 e. The molecule has 2 atom stereocenters. The summed E-state index contributed by atoms with van der Waals surface area (Å²) in [5.41, 5.74) is -3.14. The Balaban J connectivity index is 2.18. The van der Waals surface area contributed by atoms with E-state index in [4.69, 9.17) is 27.9 Å². The number of rotatable bonds is 5. The Morgan fingerprint density at radius 2 is 1.54 bits per heavy atom. The average Bonchev–Trinajstić information content (AvgIpc) is 3.13. The van der Waals surface area contributed by atoms with Crippen molar-refractivity contribution in [3.63, 3.8) is 0 Å². The van der Waals surface area contributed by atoms with Gasteiger partial charge in [-0.25, -0.2) is 17.6 Å². The standard InChI is InChI=1S/C17H13Cl2F7O2/c1-16(2)8(3-9(19)17(24,25)26)10(16)15(27)28-5-7-13(22)11(20)6(4-18)12(21)14(7)23/h3,8,10H,4-5H2,1-2H3/t8-,10-/m1/s1. The van der Waals surface area contributed by atoms with E-state index in [-0.39, 0.29) is 0 Å². The Kier molecular flexibility index (Phi) is 6.31. The molecular formula is C17H13Cl2F7O2. The highest BCUT2D eigenvalue weighted by Crippen LogP contribution is 2.60. The fraction of sp³-hybridized carbons (Fsp3) is 0.471. The predicted molar refractivity (Wildman–Crippen MR) is 86.4 cm³/mol. The van der Waals surface area contributed by atoms with E-state index in [1.54, 1.807) is 0 Å². The first kappa shape index (κ1) is 22.8. The second kappa shape index (κ2) is 7.74. The van der Waals surface area contributed by atoms with Crippen molar-refractivity contribution in [1.29, 1.82) is 0 Å². The van der Waals surface area contributed by atoms with Gasteiger partial charge in [0, 0.05) is 5.56 Å². The monoisotopic (exact) mass is 452 g/mol. The van der Waals surface area contributed by atoms with E-state index in [0.717, 1.165) is 0 Å². The lowest BCUT2D eigenvalue weighted by atomic mass is 10.1. The van der Waals surface area contributed by atoms with Gasteiger partial charge in [0.05, 0.1) is 17.4 Å². The second-order valence-electron chi connectivity index (χ2n) is 6.79. The van der Waals surface area contributed by atoms with Gasteiger partial charge in [0.25, 0.3) is 0 Å². The summed E-state index contributed by atoms with van der Waals surface area (Å²) in [5.74, 6) is -10.9. The zero-order valence-corrected chi connectivity index (χ0v) is 15.9. The van der Waals surface area contributed by atoms with Crippen LogP contribution in [0.15, 0.2) is 11.1 Å². The number of hydrogen-bond acceptors (Lipinski definition) is 2. The predicted octanol–water partition coefficient (Wildman–Crippen LogP) is 5.98. The summed E-state index contributed by atoms with van der Waals surface area (Å²) >= 11 is 10.4. The maximum absolute atomic E-state index is 13.9. The number of alkyl halides is 4. The summed E-state index contributed by atoms with van der Waals surface area (Å²) in [5, 5.41) is -1.42. The Labute approximate surface area is 165 Å². The lowest BCUT2D eigenvalue weighted by Crippen LogP contribution is -2.14. The van der Waals surface area contributed by atoms with E-state index < -0.39 is 81.3 Å². The highest BCUT2D eigenvalue weighted by molar-refractivity contribution is 6.30. The molecule has 2 rings (SSSR count). The largest absolute Gasteiger partial charge is 0.460 e. The molecule has 0 amide bonds. The minimum Gasteiger partial charge on any atom is -0.460 e. The molecule has 0 radical (unpaired) electrons. The van der Waals surface area contributed by atoms with Gasteiger partial charge >= 0.3 is 12.1 Å². The summed E-state index contributed by atoms with van der Waals surface area (Å²) < 4.78 is 97.5. The number of carbonyl (C=O) groups excluding carboxylic acids is 1. The number of halogens is 9. The van der Waals surface area contributed by atoms with Gasteiger partial charge in [-0.1, -0.05) is 31.5 Å². The third-order valence-electron chi connectivity index (χ3n) is 4.70. The molecule has 0 saturated heterocycles. The minimum absolute atomic E-state index is 0.656. The lowest BCUT2D eigenvalue weighted by Gasteiger charge is -2.11. The van der Waals surface area contributed by atoms with E-state index in [2.05, 4.69) is 0 Å². The van der Waals surface area contributed by atoms with Crippen LogP contribution in [0.1, 0.15) is 25.0 Å². The number of carbonyl (C=O) groups is 1. The fourth-order valence-corrected chi connectivity index (χ4v) is 3.26. The normalized spacial score (nSPS) is 21.6. The summed E-state index contributed by atoms with van der Waals surface area (Å²) in [4.78, 5) is 12.1. The van der Waals surface area contributed by atoms with Gasteiger partial charge in [0.2, 0.25) is 0 Å². The van der Waals surface area contributed by atoms with Crippen molar-refractivity contribution in [2.24, 2.45) is 17.3 Å². The van der Waals surface area contributed by atoms with Crippen LogP contribution in [0.4, 0.5) is 30.7 Å². The molecular weight excluding hydrogens is 440 g/mol. The van der Waals surface area contributed by atoms with Crippen molar-refractivity contribution in [1.82, 2.24) is 0 Å². The molecule has 2 nitrogen and oxygen atoms in total. The van der Waals surface area contributed by atoms with Crippen molar-refractivity contribution in [3.8, 4) is 0 Å². The number of allylic oxidation sites excluding steroid dienone is 2. The van der Waals surface area contributed by atoms with Gasteiger partial charge in [-0.3, -0.25) is 4.79 Å². The molecule has 0 spiro atoms. The van der Waals surface area contributed by atoms with Crippen molar-refractivity contribution in [2.75, 3.05) is 0 Å². The molecule has 1 aromatic rings. The maximum Gasteiger partial charge on any atom is 0.426 e. The average molecular weight is 453 g/mol. The summed E-state index contributed by atoms with van der Waals surface area (Å²) in [7, 11) is 0. The number of benzene rings is 1. The highest BCUT2D eigenvalue weighted by Gasteiger charge is 2.62. The molecule has 156 valence electrons. The first-order valence-corrected chi connectivity index (χ1v) is 8.67. The van der Waals surface area contributed by atoms with Crippen LogP contribution in [0.25, 0.3) is 0 Å². The van der Waals surface area contributed by atoms with Gasteiger partial charge in [-0.2, -0.15) is 13.2 Å². The molecule has 1 fully saturated rings. The highest BCUT2D eigenvalue weighted by atomic mass is 35.5. The van der Waals surface area contributed by atoms with Crippen molar-refractivity contribution in [3.05, 3.63) is 45.5 Å². The second-order valence-corrected chi connectivity index (χ2v) is 7.47. The molecule has 0 aliphatic heterocycles. The zero-order chi connectivity index (χ0) is 21.6. The van der Waals surface area contributed by atoms with Gasteiger partial charge in [-0.05, 0) is 11.3 Å². The molecule has 1 saturated carbocycles. The van der Waals surface area contributed by atoms with E-state index >= 15 is 0 Å². The number of esters is 1. The molecule has 0 bridgehead atoms. The van der Waals surface area contributed by atoms with Crippen LogP contribution >= 0.6 is 23.2 Å². The van der Waals surface area contributed by atoms with Gasteiger partial charge in [-0.15, -0.1) is 11.6 Å².